The number of benzene rings is 1. The van der Waals surface area contributed by atoms with E-state index in [2.05, 4.69) is 13.8 Å². The topological polar surface area (TPSA) is 55.6 Å². The van der Waals surface area contributed by atoms with Crippen molar-refractivity contribution in [3.05, 3.63) is 30.1 Å². The second kappa shape index (κ2) is 5.79. The average Bonchev–Trinajstić information content (AvgIpc) is 2.41. The van der Waals surface area contributed by atoms with Crippen LogP contribution in [0.15, 0.2) is 24.3 Å². The molecule has 4 nitrogen and oxygen atoms in total. The third kappa shape index (κ3) is 3.48. The summed E-state index contributed by atoms with van der Waals surface area (Å²) < 4.78 is 18.1. The summed E-state index contributed by atoms with van der Waals surface area (Å²) in [4.78, 5) is 13.9. The molecule has 1 unspecified atom stereocenters. The first-order chi connectivity index (χ1) is 9.38. The number of ether oxygens (including phenoxy) is 1. The van der Waals surface area contributed by atoms with Crippen molar-refractivity contribution >= 4 is 5.91 Å². The molecule has 1 aliphatic heterocycles. The van der Waals surface area contributed by atoms with E-state index in [4.69, 9.17) is 10.5 Å². The summed E-state index contributed by atoms with van der Waals surface area (Å²) in [6.45, 7) is 5.41. The van der Waals surface area contributed by atoms with Crippen LogP contribution in [0.2, 0.25) is 0 Å². The van der Waals surface area contributed by atoms with E-state index in [-0.39, 0.29) is 29.8 Å². The maximum atomic E-state index is 12.8. The SMILES string of the molecule is CC1(C)CN(C(=O)COc2ccc(F)cc2)CCC1N. The van der Waals surface area contributed by atoms with E-state index < -0.39 is 0 Å². The van der Waals surface area contributed by atoms with Gasteiger partial charge in [-0.15, -0.1) is 0 Å². The van der Waals surface area contributed by atoms with Crippen LogP contribution in [0.5, 0.6) is 5.75 Å². The number of nitrogens with zero attached hydrogens (tertiary/aromatic N) is 1. The van der Waals surface area contributed by atoms with Crippen LogP contribution in [0.1, 0.15) is 20.3 Å². The molecule has 1 aromatic rings. The van der Waals surface area contributed by atoms with Gasteiger partial charge in [0, 0.05) is 19.1 Å². The lowest BCUT2D eigenvalue weighted by molar-refractivity contribution is -0.136. The molecule has 1 aliphatic rings. The minimum Gasteiger partial charge on any atom is -0.484 e. The fraction of sp³-hybridized carbons (Fsp3) is 0.533. The molecule has 0 saturated carbocycles. The van der Waals surface area contributed by atoms with E-state index in [9.17, 15) is 9.18 Å². The zero-order valence-electron chi connectivity index (χ0n) is 11.9. The van der Waals surface area contributed by atoms with Crippen LogP contribution >= 0.6 is 0 Å². The molecule has 0 aliphatic carbocycles. The summed E-state index contributed by atoms with van der Waals surface area (Å²) in [5, 5.41) is 0. The van der Waals surface area contributed by atoms with Crippen LogP contribution in [-0.4, -0.2) is 36.5 Å². The summed E-state index contributed by atoms with van der Waals surface area (Å²) in [6, 6.07) is 5.76. The van der Waals surface area contributed by atoms with Gasteiger partial charge < -0.3 is 15.4 Å². The van der Waals surface area contributed by atoms with Gasteiger partial charge in [0.2, 0.25) is 0 Å². The fourth-order valence-corrected chi connectivity index (χ4v) is 2.35. The van der Waals surface area contributed by atoms with E-state index >= 15 is 0 Å². The van der Waals surface area contributed by atoms with Crippen molar-refractivity contribution in [2.75, 3.05) is 19.7 Å². The molecule has 0 radical (unpaired) electrons. The maximum Gasteiger partial charge on any atom is 0.260 e. The van der Waals surface area contributed by atoms with Crippen molar-refractivity contribution in [1.82, 2.24) is 4.90 Å². The van der Waals surface area contributed by atoms with Gasteiger partial charge in [-0.05, 0) is 36.1 Å². The summed E-state index contributed by atoms with van der Waals surface area (Å²) in [6.07, 6.45) is 0.801. The maximum absolute atomic E-state index is 12.8. The van der Waals surface area contributed by atoms with Crippen LogP contribution in [0.4, 0.5) is 4.39 Å². The van der Waals surface area contributed by atoms with Crippen LogP contribution in [0.3, 0.4) is 0 Å². The van der Waals surface area contributed by atoms with Crippen LogP contribution < -0.4 is 10.5 Å². The number of carbonyl (C=O) groups excluding carboxylic acids is 1. The molecular formula is C15H21FN2O2. The predicted molar refractivity (Wildman–Crippen MR) is 74.8 cm³/mol. The minimum atomic E-state index is -0.324. The van der Waals surface area contributed by atoms with Crippen molar-refractivity contribution in [2.24, 2.45) is 11.1 Å². The highest BCUT2D eigenvalue weighted by Crippen LogP contribution is 2.27. The molecule has 5 heteroatoms. The number of amides is 1. The second-order valence-electron chi connectivity index (χ2n) is 5.94. The summed E-state index contributed by atoms with van der Waals surface area (Å²) in [7, 11) is 0. The van der Waals surface area contributed by atoms with Gasteiger partial charge in [0.05, 0.1) is 0 Å². The van der Waals surface area contributed by atoms with Crippen molar-refractivity contribution in [1.29, 1.82) is 0 Å². The third-order valence-electron chi connectivity index (χ3n) is 3.84. The molecule has 1 heterocycles. The smallest absolute Gasteiger partial charge is 0.260 e. The monoisotopic (exact) mass is 280 g/mol. The number of rotatable bonds is 3. The number of nitrogens with two attached hydrogens (primary N) is 1. The van der Waals surface area contributed by atoms with Crippen molar-refractivity contribution in [3.63, 3.8) is 0 Å². The first-order valence-corrected chi connectivity index (χ1v) is 6.80. The molecule has 0 aromatic heterocycles. The van der Waals surface area contributed by atoms with Crippen molar-refractivity contribution in [2.45, 2.75) is 26.3 Å². The molecule has 1 amide bonds. The van der Waals surface area contributed by atoms with Crippen molar-refractivity contribution in [3.8, 4) is 5.75 Å². The first kappa shape index (κ1) is 14.8. The van der Waals surface area contributed by atoms with Gasteiger partial charge >= 0.3 is 0 Å². The highest BCUT2D eigenvalue weighted by Gasteiger charge is 2.35. The van der Waals surface area contributed by atoms with Gasteiger partial charge in [0.25, 0.3) is 5.91 Å². The Morgan fingerprint density at radius 1 is 1.45 bits per heavy atom. The number of halogens is 1. The van der Waals surface area contributed by atoms with E-state index in [1.54, 1.807) is 4.90 Å². The Balaban J connectivity index is 1.87. The number of likely N-dealkylation sites (tertiary alicyclic amines) is 1. The van der Waals surface area contributed by atoms with Gasteiger partial charge in [-0.3, -0.25) is 4.79 Å². The molecule has 1 atom stereocenters. The van der Waals surface area contributed by atoms with E-state index in [1.807, 2.05) is 0 Å². The summed E-state index contributed by atoms with van der Waals surface area (Å²) in [5.41, 5.74) is 5.97. The Morgan fingerprint density at radius 2 is 2.10 bits per heavy atom. The number of piperidine rings is 1. The van der Waals surface area contributed by atoms with Crippen LogP contribution in [0.25, 0.3) is 0 Å². The number of hydrogen-bond acceptors (Lipinski definition) is 3. The Morgan fingerprint density at radius 3 is 2.70 bits per heavy atom. The predicted octanol–water partition coefficient (Wildman–Crippen LogP) is 1.79. The molecule has 1 aromatic carbocycles. The van der Waals surface area contributed by atoms with Gasteiger partial charge in [0.1, 0.15) is 11.6 Å². The highest BCUT2D eigenvalue weighted by molar-refractivity contribution is 5.78. The normalized spacial score (nSPS) is 21.6. The highest BCUT2D eigenvalue weighted by atomic mass is 19.1. The zero-order chi connectivity index (χ0) is 14.8. The zero-order valence-corrected chi connectivity index (χ0v) is 11.9. The van der Waals surface area contributed by atoms with E-state index in [0.29, 0.717) is 18.8 Å². The summed E-state index contributed by atoms with van der Waals surface area (Å²) >= 11 is 0. The van der Waals surface area contributed by atoms with E-state index in [1.165, 1.54) is 24.3 Å². The molecule has 0 spiro atoms. The number of carbonyl (C=O) groups is 1. The van der Waals surface area contributed by atoms with Gasteiger partial charge in [-0.1, -0.05) is 13.8 Å². The molecule has 2 N–H and O–H groups in total. The fourth-order valence-electron chi connectivity index (χ4n) is 2.35. The van der Waals surface area contributed by atoms with E-state index in [0.717, 1.165) is 6.42 Å². The molecule has 20 heavy (non-hydrogen) atoms. The third-order valence-corrected chi connectivity index (χ3v) is 3.84. The minimum absolute atomic E-state index is 0.0308. The van der Waals surface area contributed by atoms with Crippen LogP contribution in [0, 0.1) is 11.2 Å². The lowest BCUT2D eigenvalue weighted by Crippen LogP contribution is -2.54. The van der Waals surface area contributed by atoms with Gasteiger partial charge in [-0.25, -0.2) is 4.39 Å². The Labute approximate surface area is 118 Å². The molecule has 2 rings (SSSR count). The Hall–Kier alpha value is -1.62. The van der Waals surface area contributed by atoms with Crippen molar-refractivity contribution < 1.29 is 13.9 Å². The van der Waals surface area contributed by atoms with Crippen LogP contribution in [-0.2, 0) is 4.79 Å². The molecular weight excluding hydrogens is 259 g/mol. The standard InChI is InChI=1S/C15H21FN2O2/c1-15(2)10-18(8-7-13(15)17)14(19)9-20-12-5-3-11(16)4-6-12/h3-6,13H,7-10,17H2,1-2H3. The lowest BCUT2D eigenvalue weighted by Gasteiger charge is -2.42. The summed E-state index contributed by atoms with van der Waals surface area (Å²) in [5.74, 6) is 0.109. The molecule has 110 valence electrons. The Kier molecular flexibility index (Phi) is 4.28. The Bertz CT molecular complexity index is 473. The largest absolute Gasteiger partial charge is 0.484 e. The quantitative estimate of drug-likeness (QED) is 0.918. The number of hydrogen-bond donors (Lipinski definition) is 1. The average molecular weight is 280 g/mol. The first-order valence-electron chi connectivity index (χ1n) is 6.80. The molecule has 1 fully saturated rings. The molecule has 0 bridgehead atoms. The second-order valence-corrected chi connectivity index (χ2v) is 5.94. The lowest BCUT2D eigenvalue weighted by atomic mass is 9.80. The molecule has 1 saturated heterocycles. The van der Waals surface area contributed by atoms with Gasteiger partial charge in [0.15, 0.2) is 6.61 Å². The van der Waals surface area contributed by atoms with Gasteiger partial charge in [-0.2, -0.15) is 0 Å².